The highest BCUT2D eigenvalue weighted by molar-refractivity contribution is 5.78. The lowest BCUT2D eigenvalue weighted by atomic mass is 10.1. The van der Waals surface area contributed by atoms with E-state index in [1.807, 2.05) is 0 Å². The number of hydrogen-bond donors (Lipinski definition) is 0. The summed E-state index contributed by atoms with van der Waals surface area (Å²) in [5.74, 6) is -3.09. The number of benzene rings is 1. The van der Waals surface area contributed by atoms with Gasteiger partial charge in [-0.25, -0.2) is 4.79 Å². The van der Waals surface area contributed by atoms with Crippen LogP contribution in [-0.2, 0) is 20.7 Å². The Morgan fingerprint density at radius 1 is 1.26 bits per heavy atom. The molecule has 7 heteroatoms. The predicted molar refractivity (Wildman–Crippen MR) is 58.5 cm³/mol. The van der Waals surface area contributed by atoms with Crippen LogP contribution in [0.15, 0.2) is 24.3 Å². The molecule has 0 radical (unpaired) electrons. The predicted octanol–water partition coefficient (Wildman–Crippen LogP) is 2.26. The van der Waals surface area contributed by atoms with Crippen LogP contribution in [-0.4, -0.2) is 24.7 Å². The van der Waals surface area contributed by atoms with Crippen molar-refractivity contribution >= 4 is 11.9 Å². The summed E-state index contributed by atoms with van der Waals surface area (Å²) in [6, 6.07) is 5.27. The number of hydrogen-bond acceptors (Lipinski definition) is 4. The first kappa shape index (κ1) is 15.0. The van der Waals surface area contributed by atoms with Crippen molar-refractivity contribution in [3.05, 3.63) is 29.8 Å². The number of esters is 2. The van der Waals surface area contributed by atoms with Gasteiger partial charge in [-0.05, 0) is 24.6 Å². The highest BCUT2D eigenvalue weighted by Gasteiger charge is 2.41. The zero-order valence-corrected chi connectivity index (χ0v) is 9.99. The summed E-state index contributed by atoms with van der Waals surface area (Å²) >= 11 is 0. The summed E-state index contributed by atoms with van der Waals surface area (Å²) in [5, 5.41) is 0. The van der Waals surface area contributed by atoms with Crippen molar-refractivity contribution in [2.45, 2.75) is 19.5 Å². The molecule has 0 saturated carbocycles. The zero-order chi connectivity index (χ0) is 14.5. The minimum atomic E-state index is -5.06. The van der Waals surface area contributed by atoms with E-state index in [-0.39, 0.29) is 18.8 Å². The summed E-state index contributed by atoms with van der Waals surface area (Å²) < 4.78 is 44.8. The molecule has 1 aromatic carbocycles. The number of carbonyl (C=O) groups is 2. The van der Waals surface area contributed by atoms with Gasteiger partial charge < -0.3 is 9.47 Å². The first-order chi connectivity index (χ1) is 8.82. The SMILES string of the molecule is CCOC(=O)Cc1cccc(OC(=O)C(F)(F)F)c1. The second kappa shape index (κ2) is 6.21. The lowest BCUT2D eigenvalue weighted by Gasteiger charge is -2.08. The van der Waals surface area contributed by atoms with Gasteiger partial charge in [0.15, 0.2) is 0 Å². The van der Waals surface area contributed by atoms with Gasteiger partial charge in [-0.3, -0.25) is 4.79 Å². The number of halogens is 3. The highest BCUT2D eigenvalue weighted by atomic mass is 19.4. The van der Waals surface area contributed by atoms with Crippen molar-refractivity contribution in [2.75, 3.05) is 6.61 Å². The molecule has 0 saturated heterocycles. The molecule has 0 aliphatic rings. The van der Waals surface area contributed by atoms with Crippen molar-refractivity contribution in [1.82, 2.24) is 0 Å². The minimum Gasteiger partial charge on any atom is -0.466 e. The first-order valence-electron chi connectivity index (χ1n) is 5.36. The molecule has 0 fully saturated rings. The lowest BCUT2D eigenvalue weighted by Crippen LogP contribution is -2.28. The van der Waals surface area contributed by atoms with Crippen molar-refractivity contribution in [2.24, 2.45) is 0 Å². The standard InChI is InChI=1S/C12H11F3O4/c1-2-18-10(16)7-8-4-3-5-9(6-8)19-11(17)12(13,14)15/h3-6H,2,7H2,1H3. The van der Waals surface area contributed by atoms with Crippen molar-refractivity contribution in [3.8, 4) is 5.75 Å². The Morgan fingerprint density at radius 3 is 2.53 bits per heavy atom. The molecule has 0 heterocycles. The van der Waals surface area contributed by atoms with Gasteiger partial charge in [-0.2, -0.15) is 13.2 Å². The molecule has 0 N–H and O–H groups in total. The van der Waals surface area contributed by atoms with Crippen LogP contribution in [0.3, 0.4) is 0 Å². The second-order valence-corrected chi connectivity index (χ2v) is 3.52. The van der Waals surface area contributed by atoms with Crippen molar-refractivity contribution in [1.29, 1.82) is 0 Å². The maximum absolute atomic E-state index is 12.0. The Morgan fingerprint density at radius 2 is 1.95 bits per heavy atom. The summed E-state index contributed by atoms with van der Waals surface area (Å²) in [4.78, 5) is 21.8. The molecular weight excluding hydrogens is 265 g/mol. The van der Waals surface area contributed by atoms with Crippen LogP contribution in [0.5, 0.6) is 5.75 Å². The van der Waals surface area contributed by atoms with E-state index >= 15 is 0 Å². The van der Waals surface area contributed by atoms with Gasteiger partial charge in [0.1, 0.15) is 5.75 Å². The topological polar surface area (TPSA) is 52.6 Å². The van der Waals surface area contributed by atoms with E-state index in [2.05, 4.69) is 4.74 Å². The third-order valence-corrected chi connectivity index (χ3v) is 1.99. The van der Waals surface area contributed by atoms with Crippen LogP contribution < -0.4 is 4.74 Å². The van der Waals surface area contributed by atoms with Crippen LogP contribution in [0.2, 0.25) is 0 Å². The average molecular weight is 276 g/mol. The molecule has 0 bridgehead atoms. The number of ether oxygens (including phenoxy) is 2. The summed E-state index contributed by atoms with van der Waals surface area (Å²) in [5.41, 5.74) is 0.394. The molecular formula is C12H11F3O4. The van der Waals surface area contributed by atoms with E-state index in [0.29, 0.717) is 5.56 Å². The van der Waals surface area contributed by atoms with E-state index in [1.165, 1.54) is 24.3 Å². The fourth-order valence-electron chi connectivity index (χ4n) is 1.26. The first-order valence-corrected chi connectivity index (χ1v) is 5.36. The molecule has 104 valence electrons. The summed E-state index contributed by atoms with van der Waals surface area (Å²) in [7, 11) is 0. The van der Waals surface area contributed by atoms with Gasteiger partial charge in [-0.15, -0.1) is 0 Å². The van der Waals surface area contributed by atoms with Crippen molar-refractivity contribution < 1.29 is 32.2 Å². The van der Waals surface area contributed by atoms with Gasteiger partial charge in [0.25, 0.3) is 0 Å². The van der Waals surface area contributed by atoms with Crippen LogP contribution in [0, 0.1) is 0 Å². The van der Waals surface area contributed by atoms with Gasteiger partial charge in [0.2, 0.25) is 0 Å². The fraction of sp³-hybridized carbons (Fsp3) is 0.333. The summed E-state index contributed by atoms with van der Waals surface area (Å²) in [6.07, 6.45) is -5.16. The molecule has 0 atom stereocenters. The Labute approximate surface area is 107 Å². The molecule has 0 spiro atoms. The Hall–Kier alpha value is -2.05. The zero-order valence-electron chi connectivity index (χ0n) is 9.99. The largest absolute Gasteiger partial charge is 0.491 e. The average Bonchev–Trinajstić information content (AvgIpc) is 2.28. The maximum atomic E-state index is 12.0. The smallest absolute Gasteiger partial charge is 0.466 e. The quantitative estimate of drug-likeness (QED) is 0.625. The third-order valence-electron chi connectivity index (χ3n) is 1.99. The Bertz CT molecular complexity index is 468. The minimum absolute atomic E-state index is 0.106. The Balaban J connectivity index is 2.72. The van der Waals surface area contributed by atoms with Gasteiger partial charge >= 0.3 is 18.1 Å². The monoisotopic (exact) mass is 276 g/mol. The van der Waals surface area contributed by atoms with E-state index in [0.717, 1.165) is 0 Å². The molecule has 0 aliphatic heterocycles. The number of rotatable bonds is 4. The van der Waals surface area contributed by atoms with Crippen LogP contribution in [0.25, 0.3) is 0 Å². The Kier molecular flexibility index (Phi) is 4.91. The molecule has 1 rings (SSSR count). The second-order valence-electron chi connectivity index (χ2n) is 3.52. The highest BCUT2D eigenvalue weighted by Crippen LogP contribution is 2.21. The third kappa shape index (κ3) is 4.99. The molecule has 0 aliphatic carbocycles. The van der Waals surface area contributed by atoms with Gasteiger partial charge in [-0.1, -0.05) is 12.1 Å². The molecule has 0 amide bonds. The van der Waals surface area contributed by atoms with Gasteiger partial charge in [0.05, 0.1) is 13.0 Å². The van der Waals surface area contributed by atoms with Crippen LogP contribution >= 0.6 is 0 Å². The van der Waals surface area contributed by atoms with Crippen molar-refractivity contribution in [3.63, 3.8) is 0 Å². The normalized spacial score (nSPS) is 10.9. The van der Waals surface area contributed by atoms with E-state index < -0.39 is 18.1 Å². The van der Waals surface area contributed by atoms with Crippen LogP contribution in [0.4, 0.5) is 13.2 Å². The van der Waals surface area contributed by atoms with E-state index in [4.69, 9.17) is 4.74 Å². The number of carbonyl (C=O) groups excluding carboxylic acids is 2. The van der Waals surface area contributed by atoms with Crippen LogP contribution in [0.1, 0.15) is 12.5 Å². The number of alkyl halides is 3. The molecule has 0 unspecified atom stereocenters. The molecule has 0 aromatic heterocycles. The molecule has 19 heavy (non-hydrogen) atoms. The molecule has 4 nitrogen and oxygen atoms in total. The fourth-order valence-corrected chi connectivity index (χ4v) is 1.26. The van der Waals surface area contributed by atoms with E-state index in [9.17, 15) is 22.8 Å². The van der Waals surface area contributed by atoms with E-state index in [1.54, 1.807) is 6.92 Å². The maximum Gasteiger partial charge on any atom is 0.491 e. The molecule has 1 aromatic rings. The summed E-state index contributed by atoms with van der Waals surface area (Å²) in [6.45, 7) is 1.85. The van der Waals surface area contributed by atoms with Gasteiger partial charge in [0, 0.05) is 0 Å². The lowest BCUT2D eigenvalue weighted by molar-refractivity contribution is -0.189.